The van der Waals surface area contributed by atoms with Crippen LogP contribution in [0.15, 0.2) is 72.8 Å². The normalized spacial score (nSPS) is 12.9. The Hall–Kier alpha value is -3.28. The Balaban J connectivity index is 2.14. The number of benzene rings is 3. The van der Waals surface area contributed by atoms with Gasteiger partial charge in [0.25, 0.3) is 0 Å². The second kappa shape index (κ2) is 13.6. The first-order chi connectivity index (χ1) is 19.9. The highest BCUT2D eigenvalue weighted by Crippen LogP contribution is 2.36. The molecule has 3 rings (SSSR count). The molecule has 43 heavy (non-hydrogen) atoms. The van der Waals surface area contributed by atoms with Gasteiger partial charge in [-0.2, -0.15) is 13.2 Å². The molecule has 0 aliphatic heterocycles. The van der Waals surface area contributed by atoms with Crippen molar-refractivity contribution in [3.05, 3.63) is 99.5 Å². The van der Waals surface area contributed by atoms with Gasteiger partial charge < -0.3 is 10.2 Å². The highest BCUT2D eigenvalue weighted by Gasteiger charge is 2.36. The SMILES string of the molecule is CC(C)(C)NC(=O)[C@H](Cc1ccccc1)N(Cc1ccccc1Cl)C(=O)CN(c1cc(C(F)(F)F)ccc1Cl)S(C)(=O)=O. The van der Waals surface area contributed by atoms with Gasteiger partial charge in [0.05, 0.1) is 22.5 Å². The maximum Gasteiger partial charge on any atom is 0.416 e. The molecule has 0 aliphatic rings. The number of carbonyl (C=O) groups is 2. The van der Waals surface area contributed by atoms with E-state index in [0.717, 1.165) is 17.9 Å². The summed E-state index contributed by atoms with van der Waals surface area (Å²) in [7, 11) is -4.34. The van der Waals surface area contributed by atoms with Gasteiger partial charge in [0.2, 0.25) is 21.8 Å². The topological polar surface area (TPSA) is 86.8 Å². The molecule has 0 saturated heterocycles. The van der Waals surface area contributed by atoms with E-state index in [1.165, 1.54) is 4.90 Å². The van der Waals surface area contributed by atoms with Gasteiger partial charge in [-0.05, 0) is 56.2 Å². The average molecular weight is 659 g/mol. The molecule has 3 aromatic rings. The molecule has 13 heteroatoms. The van der Waals surface area contributed by atoms with Crippen LogP contribution in [-0.4, -0.2) is 49.5 Å². The predicted molar refractivity (Wildman–Crippen MR) is 162 cm³/mol. The number of rotatable bonds is 10. The highest BCUT2D eigenvalue weighted by atomic mass is 35.5. The highest BCUT2D eigenvalue weighted by molar-refractivity contribution is 7.92. The summed E-state index contributed by atoms with van der Waals surface area (Å²) in [6, 6.07) is 16.6. The van der Waals surface area contributed by atoms with Crippen molar-refractivity contribution in [1.29, 1.82) is 0 Å². The summed E-state index contributed by atoms with van der Waals surface area (Å²) in [4.78, 5) is 29.0. The van der Waals surface area contributed by atoms with Crippen LogP contribution in [0.3, 0.4) is 0 Å². The third-order valence-corrected chi connectivity index (χ3v) is 8.10. The summed E-state index contributed by atoms with van der Waals surface area (Å²) in [6.07, 6.45) is -3.99. The molecule has 0 aromatic heterocycles. The van der Waals surface area contributed by atoms with Gasteiger partial charge in [0, 0.05) is 23.5 Å². The van der Waals surface area contributed by atoms with Gasteiger partial charge in [-0.3, -0.25) is 13.9 Å². The zero-order valence-electron chi connectivity index (χ0n) is 24.0. The Morgan fingerprint density at radius 1 is 0.907 bits per heavy atom. The summed E-state index contributed by atoms with van der Waals surface area (Å²) < 4.78 is 66.9. The average Bonchev–Trinajstić information content (AvgIpc) is 2.89. The molecule has 3 aromatic carbocycles. The molecular weight excluding hydrogens is 626 g/mol. The number of amides is 2. The lowest BCUT2D eigenvalue weighted by Gasteiger charge is -2.35. The number of hydrogen-bond donors (Lipinski definition) is 1. The first-order valence-corrected chi connectivity index (χ1v) is 15.7. The lowest BCUT2D eigenvalue weighted by molar-refractivity contribution is -0.140. The molecule has 0 spiro atoms. The number of carbonyl (C=O) groups excluding carboxylic acids is 2. The van der Waals surface area contributed by atoms with E-state index in [0.29, 0.717) is 27.0 Å². The molecule has 0 bridgehead atoms. The van der Waals surface area contributed by atoms with Crippen molar-refractivity contribution in [3.63, 3.8) is 0 Å². The molecule has 1 N–H and O–H groups in total. The molecule has 0 saturated carbocycles. The van der Waals surface area contributed by atoms with Crippen molar-refractivity contribution >= 4 is 50.7 Å². The Labute approximate surface area is 259 Å². The van der Waals surface area contributed by atoms with E-state index in [4.69, 9.17) is 23.2 Å². The summed E-state index contributed by atoms with van der Waals surface area (Å²) in [5.41, 5.74) is -1.16. The monoisotopic (exact) mass is 657 g/mol. The molecule has 7 nitrogen and oxygen atoms in total. The molecule has 0 heterocycles. The number of nitrogens with one attached hydrogen (secondary N) is 1. The molecule has 0 radical (unpaired) electrons. The Bertz CT molecular complexity index is 1560. The summed E-state index contributed by atoms with van der Waals surface area (Å²) in [6.45, 7) is 4.18. The molecular formula is C30H32Cl2F3N3O4S. The van der Waals surface area contributed by atoms with Crippen LogP contribution in [-0.2, 0) is 38.8 Å². The van der Waals surface area contributed by atoms with E-state index < -0.39 is 57.4 Å². The van der Waals surface area contributed by atoms with Gasteiger partial charge in [-0.25, -0.2) is 8.42 Å². The van der Waals surface area contributed by atoms with Crippen LogP contribution < -0.4 is 9.62 Å². The molecule has 0 unspecified atom stereocenters. The number of anilines is 1. The Morgan fingerprint density at radius 2 is 1.51 bits per heavy atom. The number of hydrogen-bond acceptors (Lipinski definition) is 4. The standard InChI is InChI=1S/C30H32Cl2F3N3O4S/c1-29(2,3)36-28(40)26(16-20-10-6-5-7-11-20)37(18-21-12-8-9-13-23(21)31)27(39)19-38(43(4,41)42)25-17-22(30(33,34)35)14-15-24(25)32/h5-15,17,26H,16,18-19H2,1-4H3,(H,36,40)/t26-/m0/s1. The van der Waals surface area contributed by atoms with Crippen molar-refractivity contribution in [2.24, 2.45) is 0 Å². The fraction of sp³-hybridized carbons (Fsp3) is 0.333. The van der Waals surface area contributed by atoms with E-state index in [2.05, 4.69) is 5.32 Å². The number of halogens is 5. The minimum Gasteiger partial charge on any atom is -0.350 e. The first-order valence-electron chi connectivity index (χ1n) is 13.1. The third kappa shape index (κ3) is 9.61. The fourth-order valence-electron chi connectivity index (χ4n) is 4.29. The molecule has 0 aliphatic carbocycles. The first kappa shape index (κ1) is 34.2. The van der Waals surface area contributed by atoms with Crippen LogP contribution in [0.1, 0.15) is 37.5 Å². The maximum atomic E-state index is 14.1. The minimum atomic E-state index is -4.80. The van der Waals surface area contributed by atoms with Crippen LogP contribution >= 0.6 is 23.2 Å². The van der Waals surface area contributed by atoms with Crippen LogP contribution in [0.4, 0.5) is 18.9 Å². The van der Waals surface area contributed by atoms with Crippen LogP contribution in [0.25, 0.3) is 0 Å². The van der Waals surface area contributed by atoms with Gasteiger partial charge in [0.15, 0.2) is 0 Å². The van der Waals surface area contributed by atoms with E-state index in [1.54, 1.807) is 75.4 Å². The van der Waals surface area contributed by atoms with Gasteiger partial charge in [-0.1, -0.05) is 71.7 Å². The number of alkyl halides is 3. The molecule has 232 valence electrons. The van der Waals surface area contributed by atoms with Crippen molar-refractivity contribution in [3.8, 4) is 0 Å². The second-order valence-corrected chi connectivity index (χ2v) is 13.7. The van der Waals surface area contributed by atoms with Crippen LogP contribution in [0, 0.1) is 0 Å². The van der Waals surface area contributed by atoms with Crippen LogP contribution in [0.2, 0.25) is 10.0 Å². The second-order valence-electron chi connectivity index (χ2n) is 11.0. The van der Waals surface area contributed by atoms with E-state index >= 15 is 0 Å². The number of nitrogens with zero attached hydrogens (tertiary/aromatic N) is 2. The third-order valence-electron chi connectivity index (χ3n) is 6.29. The largest absolute Gasteiger partial charge is 0.416 e. The Morgan fingerprint density at radius 3 is 2.07 bits per heavy atom. The van der Waals surface area contributed by atoms with E-state index in [9.17, 15) is 31.2 Å². The van der Waals surface area contributed by atoms with Gasteiger partial charge in [0.1, 0.15) is 12.6 Å². The predicted octanol–water partition coefficient (Wildman–Crippen LogP) is 6.33. The zero-order valence-corrected chi connectivity index (χ0v) is 26.3. The van der Waals surface area contributed by atoms with Gasteiger partial charge in [-0.15, -0.1) is 0 Å². The molecule has 0 fully saturated rings. The van der Waals surface area contributed by atoms with Crippen molar-refractivity contribution in [2.45, 2.75) is 51.5 Å². The van der Waals surface area contributed by atoms with Crippen molar-refractivity contribution < 1.29 is 31.2 Å². The van der Waals surface area contributed by atoms with Crippen molar-refractivity contribution in [2.75, 3.05) is 17.1 Å². The lowest BCUT2D eigenvalue weighted by Crippen LogP contribution is -2.56. The smallest absolute Gasteiger partial charge is 0.350 e. The quantitative estimate of drug-likeness (QED) is 0.276. The Kier molecular flexibility index (Phi) is 10.8. The summed E-state index contributed by atoms with van der Waals surface area (Å²) >= 11 is 12.6. The van der Waals surface area contributed by atoms with Crippen LogP contribution in [0.5, 0.6) is 0 Å². The van der Waals surface area contributed by atoms with Crippen molar-refractivity contribution in [1.82, 2.24) is 10.2 Å². The molecule has 2 amide bonds. The lowest BCUT2D eigenvalue weighted by atomic mass is 10.0. The van der Waals surface area contributed by atoms with E-state index in [-0.39, 0.29) is 18.0 Å². The maximum absolute atomic E-state index is 14.1. The fourth-order valence-corrected chi connectivity index (χ4v) is 5.61. The number of sulfonamides is 1. The summed E-state index contributed by atoms with van der Waals surface area (Å²) in [5.74, 6) is -1.37. The van der Waals surface area contributed by atoms with Gasteiger partial charge >= 0.3 is 6.18 Å². The zero-order chi connectivity index (χ0) is 32.2. The van der Waals surface area contributed by atoms with E-state index in [1.807, 2.05) is 0 Å². The molecule has 1 atom stereocenters. The summed E-state index contributed by atoms with van der Waals surface area (Å²) in [5, 5.41) is 2.87. The minimum absolute atomic E-state index is 0.0577.